The van der Waals surface area contributed by atoms with Gasteiger partial charge in [-0.3, -0.25) is 9.97 Å². The van der Waals surface area contributed by atoms with Gasteiger partial charge in [0.15, 0.2) is 0 Å². The van der Waals surface area contributed by atoms with Crippen molar-refractivity contribution in [3.05, 3.63) is 54.1 Å². The molecule has 0 spiro atoms. The molecule has 0 saturated carbocycles. The van der Waals surface area contributed by atoms with Gasteiger partial charge in [0.05, 0.1) is 5.69 Å². The summed E-state index contributed by atoms with van der Waals surface area (Å²) in [7, 11) is 0. The molecular weight excluding hydrogens is 186 g/mol. The number of aromatic nitrogens is 2. The molecule has 2 rings (SSSR count). The van der Waals surface area contributed by atoms with Gasteiger partial charge in [0, 0.05) is 31.3 Å². The first kappa shape index (κ1) is 9.65. The first-order valence-corrected chi connectivity index (χ1v) is 4.89. The molecule has 0 aliphatic heterocycles. The van der Waals surface area contributed by atoms with Crippen LogP contribution in [-0.2, 0) is 6.54 Å². The van der Waals surface area contributed by atoms with Crippen molar-refractivity contribution < 1.29 is 0 Å². The Morgan fingerprint density at radius 3 is 2.87 bits per heavy atom. The van der Waals surface area contributed by atoms with E-state index in [-0.39, 0.29) is 0 Å². The van der Waals surface area contributed by atoms with Crippen LogP contribution in [0.25, 0.3) is 0 Å². The van der Waals surface area contributed by atoms with Gasteiger partial charge in [0.25, 0.3) is 0 Å². The molecule has 3 heteroatoms. The standard InChI is InChI=1S/C12H13N3/c1-10-5-12(9-14-6-10)15-8-11-3-2-4-13-7-11/h2-7,9,15H,8H2,1H3. The van der Waals surface area contributed by atoms with Crippen molar-refractivity contribution in [3.8, 4) is 0 Å². The fourth-order valence-corrected chi connectivity index (χ4v) is 1.36. The zero-order valence-electron chi connectivity index (χ0n) is 8.64. The smallest absolute Gasteiger partial charge is 0.0532 e. The Balaban J connectivity index is 1.99. The summed E-state index contributed by atoms with van der Waals surface area (Å²) in [6.07, 6.45) is 7.30. The maximum Gasteiger partial charge on any atom is 0.0532 e. The molecule has 76 valence electrons. The van der Waals surface area contributed by atoms with Crippen LogP contribution >= 0.6 is 0 Å². The minimum atomic E-state index is 0.777. The third kappa shape index (κ3) is 2.77. The topological polar surface area (TPSA) is 37.8 Å². The van der Waals surface area contributed by atoms with Crippen molar-refractivity contribution in [2.75, 3.05) is 5.32 Å². The minimum Gasteiger partial charge on any atom is -0.380 e. The van der Waals surface area contributed by atoms with E-state index in [9.17, 15) is 0 Å². The van der Waals surface area contributed by atoms with Gasteiger partial charge in [-0.15, -0.1) is 0 Å². The lowest BCUT2D eigenvalue weighted by molar-refractivity contribution is 1.10. The number of aryl methyl sites for hydroxylation is 1. The average Bonchev–Trinajstić information content (AvgIpc) is 2.28. The summed E-state index contributed by atoms with van der Waals surface area (Å²) < 4.78 is 0. The molecule has 0 bridgehead atoms. The van der Waals surface area contributed by atoms with E-state index in [0.717, 1.165) is 17.8 Å². The van der Waals surface area contributed by atoms with Crippen LogP contribution in [-0.4, -0.2) is 9.97 Å². The average molecular weight is 199 g/mol. The Labute approximate surface area is 89.2 Å². The normalized spacial score (nSPS) is 9.93. The first-order chi connectivity index (χ1) is 7.34. The number of hydrogen-bond donors (Lipinski definition) is 1. The van der Waals surface area contributed by atoms with Gasteiger partial charge in [-0.2, -0.15) is 0 Å². The van der Waals surface area contributed by atoms with E-state index < -0.39 is 0 Å². The molecule has 0 radical (unpaired) electrons. The summed E-state index contributed by atoms with van der Waals surface area (Å²) in [4.78, 5) is 8.18. The second kappa shape index (κ2) is 4.55. The second-order valence-corrected chi connectivity index (χ2v) is 3.47. The lowest BCUT2D eigenvalue weighted by atomic mass is 10.2. The summed E-state index contributed by atoms with van der Waals surface area (Å²) >= 11 is 0. The molecule has 0 fully saturated rings. The van der Waals surface area contributed by atoms with Crippen LogP contribution in [0, 0.1) is 6.92 Å². The predicted octanol–water partition coefficient (Wildman–Crippen LogP) is 2.40. The van der Waals surface area contributed by atoms with E-state index in [1.807, 2.05) is 37.6 Å². The van der Waals surface area contributed by atoms with E-state index in [2.05, 4.69) is 21.4 Å². The Hall–Kier alpha value is -1.90. The molecule has 0 atom stereocenters. The highest BCUT2D eigenvalue weighted by Gasteiger charge is 1.94. The SMILES string of the molecule is Cc1cncc(NCc2cccnc2)c1. The monoisotopic (exact) mass is 199 g/mol. The van der Waals surface area contributed by atoms with E-state index in [0.29, 0.717) is 0 Å². The lowest BCUT2D eigenvalue weighted by Crippen LogP contribution is -2.00. The van der Waals surface area contributed by atoms with Crippen molar-refractivity contribution >= 4 is 5.69 Å². The van der Waals surface area contributed by atoms with Crippen molar-refractivity contribution in [3.63, 3.8) is 0 Å². The van der Waals surface area contributed by atoms with Gasteiger partial charge in [-0.05, 0) is 30.2 Å². The Kier molecular flexibility index (Phi) is 2.93. The number of pyridine rings is 2. The Bertz CT molecular complexity index is 426. The zero-order chi connectivity index (χ0) is 10.5. The highest BCUT2D eigenvalue weighted by atomic mass is 14.9. The van der Waals surface area contributed by atoms with Crippen molar-refractivity contribution in [1.29, 1.82) is 0 Å². The Morgan fingerprint density at radius 2 is 2.13 bits per heavy atom. The molecule has 0 aromatic carbocycles. The van der Waals surface area contributed by atoms with Gasteiger partial charge in [0.1, 0.15) is 0 Å². The summed E-state index contributed by atoms with van der Waals surface area (Å²) in [5, 5.41) is 3.30. The van der Waals surface area contributed by atoms with Crippen LogP contribution in [0.4, 0.5) is 5.69 Å². The maximum atomic E-state index is 4.12. The van der Waals surface area contributed by atoms with Crippen LogP contribution < -0.4 is 5.32 Å². The number of anilines is 1. The number of nitrogens with zero attached hydrogens (tertiary/aromatic N) is 2. The van der Waals surface area contributed by atoms with Crippen LogP contribution in [0.15, 0.2) is 43.0 Å². The molecule has 0 saturated heterocycles. The maximum absolute atomic E-state index is 4.12. The zero-order valence-corrected chi connectivity index (χ0v) is 8.64. The van der Waals surface area contributed by atoms with Crippen LogP contribution in [0.2, 0.25) is 0 Å². The van der Waals surface area contributed by atoms with Crippen molar-refractivity contribution in [2.45, 2.75) is 13.5 Å². The molecule has 0 amide bonds. The predicted molar refractivity (Wildman–Crippen MR) is 60.5 cm³/mol. The molecule has 2 aromatic heterocycles. The van der Waals surface area contributed by atoms with Gasteiger partial charge in [-0.25, -0.2) is 0 Å². The molecule has 3 nitrogen and oxygen atoms in total. The van der Waals surface area contributed by atoms with E-state index >= 15 is 0 Å². The molecule has 1 N–H and O–H groups in total. The highest BCUT2D eigenvalue weighted by molar-refractivity contribution is 5.42. The number of hydrogen-bond acceptors (Lipinski definition) is 3. The molecule has 2 aromatic rings. The third-order valence-corrected chi connectivity index (χ3v) is 2.09. The fraction of sp³-hybridized carbons (Fsp3) is 0.167. The van der Waals surface area contributed by atoms with Gasteiger partial charge >= 0.3 is 0 Å². The fourth-order valence-electron chi connectivity index (χ4n) is 1.36. The second-order valence-electron chi connectivity index (χ2n) is 3.47. The van der Waals surface area contributed by atoms with E-state index in [4.69, 9.17) is 0 Å². The molecule has 2 heterocycles. The molecule has 15 heavy (non-hydrogen) atoms. The third-order valence-electron chi connectivity index (χ3n) is 2.09. The molecule has 0 aliphatic carbocycles. The Morgan fingerprint density at radius 1 is 1.20 bits per heavy atom. The molecule has 0 unspecified atom stereocenters. The summed E-state index contributed by atoms with van der Waals surface area (Å²) in [5.74, 6) is 0. The van der Waals surface area contributed by atoms with Gasteiger partial charge in [-0.1, -0.05) is 6.07 Å². The summed E-state index contributed by atoms with van der Waals surface area (Å²) in [5.41, 5.74) is 3.36. The summed E-state index contributed by atoms with van der Waals surface area (Å²) in [6.45, 7) is 2.81. The number of rotatable bonds is 3. The largest absolute Gasteiger partial charge is 0.380 e. The quantitative estimate of drug-likeness (QED) is 0.824. The van der Waals surface area contributed by atoms with Gasteiger partial charge < -0.3 is 5.32 Å². The van der Waals surface area contributed by atoms with E-state index in [1.54, 1.807) is 6.20 Å². The summed E-state index contributed by atoms with van der Waals surface area (Å²) in [6, 6.07) is 6.05. The highest BCUT2D eigenvalue weighted by Crippen LogP contribution is 2.08. The first-order valence-electron chi connectivity index (χ1n) is 4.89. The van der Waals surface area contributed by atoms with Crippen LogP contribution in [0.1, 0.15) is 11.1 Å². The van der Waals surface area contributed by atoms with Crippen LogP contribution in [0.3, 0.4) is 0 Å². The number of nitrogens with one attached hydrogen (secondary N) is 1. The van der Waals surface area contributed by atoms with E-state index in [1.165, 1.54) is 5.56 Å². The molecule has 0 aliphatic rings. The van der Waals surface area contributed by atoms with Gasteiger partial charge in [0.2, 0.25) is 0 Å². The minimum absolute atomic E-state index is 0.777. The van der Waals surface area contributed by atoms with Crippen LogP contribution in [0.5, 0.6) is 0 Å². The molecular formula is C12H13N3. The lowest BCUT2D eigenvalue weighted by Gasteiger charge is -2.05. The van der Waals surface area contributed by atoms with Crippen molar-refractivity contribution in [1.82, 2.24) is 9.97 Å². The van der Waals surface area contributed by atoms with Crippen molar-refractivity contribution in [2.24, 2.45) is 0 Å².